The van der Waals surface area contributed by atoms with Gasteiger partial charge in [-0.25, -0.2) is 0 Å². The van der Waals surface area contributed by atoms with Crippen LogP contribution in [-0.2, 0) is 4.79 Å². The molecule has 1 atom stereocenters. The van der Waals surface area contributed by atoms with Crippen LogP contribution in [0, 0.1) is 0 Å². The van der Waals surface area contributed by atoms with Crippen molar-refractivity contribution in [1.29, 1.82) is 0 Å². The predicted molar refractivity (Wildman–Crippen MR) is 48.1 cm³/mol. The SMILES string of the molecule is C=C[C@H](C)NC(=O)C(Cl)(Cl)Cl. The first-order chi connectivity index (χ1) is 4.88. The fraction of sp³-hybridized carbons (Fsp3) is 0.500. The van der Waals surface area contributed by atoms with E-state index >= 15 is 0 Å². The zero-order valence-electron chi connectivity index (χ0n) is 5.90. The number of carbonyl (C=O) groups is 1. The summed E-state index contributed by atoms with van der Waals surface area (Å²) in [6, 6.07) is -0.196. The van der Waals surface area contributed by atoms with Gasteiger partial charge >= 0.3 is 0 Å². The van der Waals surface area contributed by atoms with E-state index in [-0.39, 0.29) is 6.04 Å². The molecule has 0 fully saturated rings. The third-order valence-corrected chi connectivity index (χ3v) is 1.48. The summed E-state index contributed by atoms with van der Waals surface area (Å²) in [7, 11) is 0. The Bertz CT molecular complexity index is 164. The molecule has 1 amide bonds. The van der Waals surface area contributed by atoms with Crippen molar-refractivity contribution < 1.29 is 4.79 Å². The Labute approximate surface area is 80.5 Å². The van der Waals surface area contributed by atoms with Gasteiger partial charge in [0, 0.05) is 6.04 Å². The Balaban J connectivity index is 3.98. The van der Waals surface area contributed by atoms with Crippen molar-refractivity contribution in [2.24, 2.45) is 0 Å². The summed E-state index contributed by atoms with van der Waals surface area (Å²) >= 11 is 15.8. The molecule has 64 valence electrons. The predicted octanol–water partition coefficient (Wildman–Crippen LogP) is 2.05. The lowest BCUT2D eigenvalue weighted by Gasteiger charge is -2.13. The Kier molecular flexibility index (Phi) is 4.22. The van der Waals surface area contributed by atoms with Gasteiger partial charge in [0.15, 0.2) is 0 Å². The van der Waals surface area contributed by atoms with E-state index in [1.165, 1.54) is 6.08 Å². The lowest BCUT2D eigenvalue weighted by molar-refractivity contribution is -0.120. The lowest BCUT2D eigenvalue weighted by atomic mass is 10.3. The molecule has 1 N–H and O–H groups in total. The Morgan fingerprint density at radius 3 is 2.36 bits per heavy atom. The molecule has 0 aromatic carbocycles. The summed E-state index contributed by atoms with van der Waals surface area (Å²) < 4.78 is -1.89. The van der Waals surface area contributed by atoms with Gasteiger partial charge in [-0.1, -0.05) is 40.9 Å². The van der Waals surface area contributed by atoms with Gasteiger partial charge in [0.1, 0.15) is 0 Å². The van der Waals surface area contributed by atoms with Crippen LogP contribution in [0.5, 0.6) is 0 Å². The van der Waals surface area contributed by atoms with Gasteiger partial charge in [-0.05, 0) is 6.92 Å². The zero-order chi connectivity index (χ0) is 9.07. The Morgan fingerprint density at radius 1 is 1.64 bits per heavy atom. The van der Waals surface area contributed by atoms with E-state index in [0.717, 1.165) is 0 Å². The molecular formula is C6H8Cl3NO. The summed E-state index contributed by atoms with van der Waals surface area (Å²) in [5.41, 5.74) is 0. The smallest absolute Gasteiger partial charge is 0.272 e. The van der Waals surface area contributed by atoms with Crippen LogP contribution in [0.15, 0.2) is 12.7 Å². The molecule has 2 nitrogen and oxygen atoms in total. The monoisotopic (exact) mass is 215 g/mol. The topological polar surface area (TPSA) is 29.1 Å². The Hall–Kier alpha value is 0.0800. The molecule has 0 aliphatic rings. The van der Waals surface area contributed by atoms with Crippen LogP contribution < -0.4 is 5.32 Å². The summed E-state index contributed by atoms with van der Waals surface area (Å²) in [6.45, 7) is 5.18. The number of hydrogen-bond donors (Lipinski definition) is 1. The highest BCUT2D eigenvalue weighted by Crippen LogP contribution is 2.25. The molecule has 0 unspecified atom stereocenters. The van der Waals surface area contributed by atoms with E-state index in [9.17, 15) is 4.79 Å². The first-order valence-corrected chi connectivity index (χ1v) is 4.01. The van der Waals surface area contributed by atoms with Gasteiger partial charge < -0.3 is 5.32 Å². The fourth-order valence-corrected chi connectivity index (χ4v) is 0.511. The molecule has 0 saturated carbocycles. The number of alkyl halides is 3. The normalized spacial score (nSPS) is 13.8. The number of hydrogen-bond acceptors (Lipinski definition) is 1. The Morgan fingerprint density at radius 2 is 2.09 bits per heavy atom. The first kappa shape index (κ1) is 11.1. The number of nitrogens with one attached hydrogen (secondary N) is 1. The molecule has 11 heavy (non-hydrogen) atoms. The van der Waals surface area contributed by atoms with Crippen molar-refractivity contribution in [3.8, 4) is 0 Å². The minimum Gasteiger partial charge on any atom is -0.346 e. The number of amides is 1. The quantitative estimate of drug-likeness (QED) is 0.555. The highest BCUT2D eigenvalue weighted by molar-refractivity contribution is 6.76. The number of rotatable bonds is 2. The van der Waals surface area contributed by atoms with E-state index in [4.69, 9.17) is 34.8 Å². The van der Waals surface area contributed by atoms with Crippen molar-refractivity contribution in [3.63, 3.8) is 0 Å². The maximum Gasteiger partial charge on any atom is 0.272 e. The summed E-state index contributed by atoms with van der Waals surface area (Å²) in [5.74, 6) is -0.644. The van der Waals surface area contributed by atoms with Crippen molar-refractivity contribution >= 4 is 40.7 Å². The summed E-state index contributed by atoms with van der Waals surface area (Å²) in [5, 5.41) is 2.42. The molecule has 5 heteroatoms. The van der Waals surface area contributed by atoms with Gasteiger partial charge in [-0.3, -0.25) is 4.79 Å². The summed E-state index contributed by atoms with van der Waals surface area (Å²) in [4.78, 5) is 10.9. The maximum atomic E-state index is 10.9. The molecule has 0 bridgehead atoms. The average molecular weight is 216 g/mol. The minimum atomic E-state index is -1.89. The highest BCUT2D eigenvalue weighted by Gasteiger charge is 2.30. The second-order valence-electron chi connectivity index (χ2n) is 2.00. The molecule has 0 heterocycles. The molecule has 0 aromatic rings. The van der Waals surface area contributed by atoms with Crippen LogP contribution in [0.2, 0.25) is 0 Å². The molecule has 0 aliphatic heterocycles. The van der Waals surface area contributed by atoms with Gasteiger partial charge in [0.05, 0.1) is 0 Å². The maximum absolute atomic E-state index is 10.9. The molecule has 0 spiro atoms. The van der Waals surface area contributed by atoms with E-state index in [1.54, 1.807) is 6.92 Å². The van der Waals surface area contributed by atoms with Crippen LogP contribution in [0.1, 0.15) is 6.92 Å². The van der Waals surface area contributed by atoms with E-state index in [2.05, 4.69) is 11.9 Å². The zero-order valence-corrected chi connectivity index (χ0v) is 8.17. The average Bonchev–Trinajstić information content (AvgIpc) is 1.85. The standard InChI is InChI=1S/C6H8Cl3NO/c1-3-4(2)10-5(11)6(7,8)9/h3-4H,1H2,2H3,(H,10,11)/t4-/m0/s1. The van der Waals surface area contributed by atoms with Gasteiger partial charge in [-0.15, -0.1) is 6.58 Å². The number of halogens is 3. The van der Waals surface area contributed by atoms with Crippen LogP contribution in [-0.4, -0.2) is 15.7 Å². The third kappa shape index (κ3) is 4.51. The minimum absolute atomic E-state index is 0.196. The van der Waals surface area contributed by atoms with E-state index in [0.29, 0.717) is 0 Å². The molecule has 0 aromatic heterocycles. The van der Waals surface area contributed by atoms with Crippen molar-refractivity contribution in [3.05, 3.63) is 12.7 Å². The highest BCUT2D eigenvalue weighted by atomic mass is 35.6. The van der Waals surface area contributed by atoms with Crippen molar-refractivity contribution in [1.82, 2.24) is 5.32 Å². The first-order valence-electron chi connectivity index (χ1n) is 2.88. The molecular weight excluding hydrogens is 208 g/mol. The van der Waals surface area contributed by atoms with E-state index in [1.807, 2.05) is 0 Å². The van der Waals surface area contributed by atoms with E-state index < -0.39 is 9.70 Å². The van der Waals surface area contributed by atoms with Crippen LogP contribution in [0.4, 0.5) is 0 Å². The molecule has 0 rings (SSSR count). The molecule has 0 aliphatic carbocycles. The number of carbonyl (C=O) groups excluding carboxylic acids is 1. The van der Waals surface area contributed by atoms with Crippen LogP contribution >= 0.6 is 34.8 Å². The van der Waals surface area contributed by atoms with Crippen molar-refractivity contribution in [2.45, 2.75) is 16.8 Å². The summed E-state index contributed by atoms with van der Waals surface area (Å²) in [6.07, 6.45) is 1.54. The fourth-order valence-electron chi connectivity index (χ4n) is 0.348. The largest absolute Gasteiger partial charge is 0.346 e. The van der Waals surface area contributed by atoms with Gasteiger partial charge in [-0.2, -0.15) is 0 Å². The van der Waals surface area contributed by atoms with Gasteiger partial charge in [0.25, 0.3) is 9.70 Å². The lowest BCUT2D eigenvalue weighted by Crippen LogP contribution is -2.39. The van der Waals surface area contributed by atoms with Crippen LogP contribution in [0.3, 0.4) is 0 Å². The third-order valence-electron chi connectivity index (χ3n) is 0.970. The van der Waals surface area contributed by atoms with Gasteiger partial charge in [0.2, 0.25) is 0 Å². The second-order valence-corrected chi connectivity index (χ2v) is 4.28. The van der Waals surface area contributed by atoms with Crippen LogP contribution in [0.25, 0.3) is 0 Å². The second kappa shape index (κ2) is 4.19. The molecule has 0 saturated heterocycles. The van der Waals surface area contributed by atoms with Crippen molar-refractivity contribution in [2.75, 3.05) is 0 Å². The molecule has 0 radical (unpaired) electrons.